The summed E-state index contributed by atoms with van der Waals surface area (Å²) in [6, 6.07) is 5.13. The van der Waals surface area contributed by atoms with Crippen molar-refractivity contribution in [3.63, 3.8) is 0 Å². The number of urea groups is 1. The predicted molar refractivity (Wildman–Crippen MR) is 66.3 cm³/mol. The van der Waals surface area contributed by atoms with Crippen molar-refractivity contribution in [1.29, 1.82) is 0 Å². The first-order chi connectivity index (χ1) is 8.67. The molecule has 0 bridgehead atoms. The van der Waals surface area contributed by atoms with Crippen LogP contribution >= 0.6 is 0 Å². The van der Waals surface area contributed by atoms with Gasteiger partial charge in [-0.05, 0) is 16.8 Å². The van der Waals surface area contributed by atoms with Crippen LogP contribution in [0.2, 0.25) is 0 Å². The Morgan fingerprint density at radius 2 is 2.33 bits per heavy atom. The number of pyridine rings is 1. The summed E-state index contributed by atoms with van der Waals surface area (Å²) in [5.41, 5.74) is 0.747. The summed E-state index contributed by atoms with van der Waals surface area (Å²) in [6.45, 7) is 0. The molecule has 0 fully saturated rings. The molecule has 0 radical (unpaired) electrons. The quantitative estimate of drug-likeness (QED) is 0.446. The number of fused-ring (bicyclic) bond motifs is 1. The molecule has 0 saturated carbocycles. The average molecular weight is 243 g/mol. The van der Waals surface area contributed by atoms with Gasteiger partial charge in [-0.3, -0.25) is 5.32 Å². The number of amides is 2. The molecule has 90 valence electrons. The smallest absolute Gasteiger partial charge is 0.305 e. The molecule has 2 amide bonds. The third kappa shape index (κ3) is 1.67. The van der Waals surface area contributed by atoms with Crippen LogP contribution in [-0.2, 0) is 0 Å². The molecule has 7 heteroatoms. The van der Waals surface area contributed by atoms with E-state index >= 15 is 0 Å². The Bertz CT molecular complexity index is 626. The molecule has 1 aliphatic heterocycles. The Kier molecular flexibility index (Phi) is 2.22. The molecule has 0 saturated heterocycles. The summed E-state index contributed by atoms with van der Waals surface area (Å²) in [6.07, 6.45) is 8.12. The Morgan fingerprint density at radius 3 is 3.06 bits per heavy atom. The van der Waals surface area contributed by atoms with Crippen LogP contribution in [-0.4, -0.2) is 26.3 Å². The molecule has 2 aromatic heterocycles. The van der Waals surface area contributed by atoms with Crippen LogP contribution in [0.15, 0.2) is 48.0 Å². The van der Waals surface area contributed by atoms with Crippen LogP contribution in [0.25, 0.3) is 5.65 Å². The summed E-state index contributed by atoms with van der Waals surface area (Å²) in [4.78, 5) is 16.2. The highest BCUT2D eigenvalue weighted by Gasteiger charge is 2.34. The second kappa shape index (κ2) is 3.76. The molecule has 7 nitrogen and oxygen atoms in total. The number of carbonyl (C=O) groups excluding carboxylic acids is 1. The molecule has 0 aromatic carbocycles. The van der Waals surface area contributed by atoms with Crippen LogP contribution in [0.3, 0.4) is 0 Å². The highest BCUT2D eigenvalue weighted by atomic mass is 16.2. The maximum Gasteiger partial charge on any atom is 0.473 e. The van der Waals surface area contributed by atoms with Gasteiger partial charge in [0.1, 0.15) is 5.65 Å². The van der Waals surface area contributed by atoms with Gasteiger partial charge in [-0.15, -0.1) is 5.84 Å². The lowest BCUT2D eigenvalue weighted by molar-refractivity contribution is -0.811. The van der Waals surface area contributed by atoms with E-state index in [0.29, 0.717) is 5.82 Å². The van der Waals surface area contributed by atoms with Gasteiger partial charge >= 0.3 is 6.03 Å². The van der Waals surface area contributed by atoms with Crippen molar-refractivity contribution in [2.45, 2.75) is 0 Å². The number of hydrogen-bond donors (Lipinski definition) is 2. The standard InChI is InChI=1S/C11H10N6O/c12-17(7-3-5-13-17)11(18)15-9-8-16-6-2-1-4-10(16)14-9/h1-8H,12H2/p+1. The van der Waals surface area contributed by atoms with E-state index in [9.17, 15) is 4.79 Å². The number of nitrogens with two attached hydrogens (primary N) is 1. The van der Waals surface area contributed by atoms with Gasteiger partial charge in [0, 0.05) is 12.3 Å². The highest BCUT2D eigenvalue weighted by Crippen LogP contribution is 2.13. The number of nitrogens with zero attached hydrogens (tertiary/aromatic N) is 4. The third-order valence-corrected chi connectivity index (χ3v) is 2.58. The van der Waals surface area contributed by atoms with Crippen molar-refractivity contribution in [2.24, 2.45) is 10.9 Å². The van der Waals surface area contributed by atoms with E-state index in [0.717, 1.165) is 5.65 Å². The van der Waals surface area contributed by atoms with Crippen molar-refractivity contribution in [3.8, 4) is 0 Å². The van der Waals surface area contributed by atoms with Crippen LogP contribution in [0, 0.1) is 0 Å². The second-order valence-electron chi connectivity index (χ2n) is 3.87. The van der Waals surface area contributed by atoms with Gasteiger partial charge in [-0.25, -0.2) is 9.78 Å². The number of rotatable bonds is 1. The SMILES string of the molecule is N[N+]1(C(=O)Nc2cn3ccccc3n2)C=CC=N1. The first-order valence-corrected chi connectivity index (χ1v) is 5.33. The monoisotopic (exact) mass is 243 g/mol. The summed E-state index contributed by atoms with van der Waals surface area (Å²) in [5, 5.41) is 6.48. The van der Waals surface area contributed by atoms with Gasteiger partial charge in [0.15, 0.2) is 12.0 Å². The number of nitrogens with one attached hydrogen (secondary N) is 1. The maximum absolute atomic E-state index is 11.9. The number of anilines is 1. The van der Waals surface area contributed by atoms with Crippen molar-refractivity contribution in [1.82, 2.24) is 9.38 Å². The minimum atomic E-state index is -0.645. The van der Waals surface area contributed by atoms with Crippen molar-refractivity contribution in [2.75, 3.05) is 5.32 Å². The zero-order valence-corrected chi connectivity index (χ0v) is 9.39. The first-order valence-electron chi connectivity index (χ1n) is 5.33. The van der Waals surface area contributed by atoms with E-state index < -0.39 is 10.7 Å². The molecular weight excluding hydrogens is 232 g/mol. The summed E-state index contributed by atoms with van der Waals surface area (Å²) < 4.78 is 1.16. The minimum absolute atomic E-state index is 0.435. The fourth-order valence-corrected chi connectivity index (χ4v) is 1.67. The van der Waals surface area contributed by atoms with E-state index in [4.69, 9.17) is 5.84 Å². The molecular formula is C11H11N6O+. The molecule has 3 heterocycles. The van der Waals surface area contributed by atoms with Gasteiger partial charge in [0.2, 0.25) is 0 Å². The van der Waals surface area contributed by atoms with Crippen molar-refractivity contribution >= 4 is 23.7 Å². The fraction of sp³-hybridized carbons (Fsp3) is 0. The number of imidazole rings is 1. The van der Waals surface area contributed by atoms with E-state index in [2.05, 4.69) is 15.4 Å². The van der Waals surface area contributed by atoms with Crippen LogP contribution in [0.1, 0.15) is 0 Å². The summed E-state index contributed by atoms with van der Waals surface area (Å²) in [7, 11) is 0. The Hall–Kier alpha value is -2.51. The molecule has 0 spiro atoms. The number of quaternary nitrogens is 1. The van der Waals surface area contributed by atoms with Crippen LogP contribution < -0.4 is 11.2 Å². The van der Waals surface area contributed by atoms with E-state index in [1.165, 1.54) is 12.4 Å². The lowest BCUT2D eigenvalue weighted by Gasteiger charge is -2.14. The van der Waals surface area contributed by atoms with E-state index in [1.807, 2.05) is 24.4 Å². The summed E-state index contributed by atoms with van der Waals surface area (Å²) in [5.74, 6) is 6.19. The topological polar surface area (TPSA) is 84.8 Å². The van der Waals surface area contributed by atoms with Gasteiger partial charge < -0.3 is 4.40 Å². The minimum Gasteiger partial charge on any atom is -0.305 e. The molecule has 3 N–H and O–H groups in total. The maximum atomic E-state index is 11.9. The largest absolute Gasteiger partial charge is 0.473 e. The molecule has 1 atom stereocenters. The predicted octanol–water partition coefficient (Wildman–Crippen LogP) is 1.07. The second-order valence-corrected chi connectivity index (χ2v) is 3.87. The zero-order valence-electron chi connectivity index (χ0n) is 9.39. The molecule has 1 aliphatic rings. The molecule has 0 aliphatic carbocycles. The number of carbonyl (C=O) groups is 1. The van der Waals surface area contributed by atoms with E-state index in [1.54, 1.807) is 16.7 Å². The number of allylic oxidation sites excluding steroid dienone is 1. The number of aromatic nitrogens is 2. The number of hydrogen-bond acceptors (Lipinski definition) is 4. The van der Waals surface area contributed by atoms with Crippen LogP contribution in [0.5, 0.6) is 0 Å². The fourth-order valence-electron chi connectivity index (χ4n) is 1.67. The zero-order chi connectivity index (χ0) is 12.6. The van der Waals surface area contributed by atoms with Gasteiger partial charge in [0.25, 0.3) is 0 Å². The molecule has 18 heavy (non-hydrogen) atoms. The Morgan fingerprint density at radius 1 is 1.44 bits per heavy atom. The average Bonchev–Trinajstić information content (AvgIpc) is 2.95. The van der Waals surface area contributed by atoms with Gasteiger partial charge in [-0.2, -0.15) is 0 Å². The van der Waals surface area contributed by atoms with Gasteiger partial charge in [-0.1, -0.05) is 11.2 Å². The van der Waals surface area contributed by atoms with Crippen LogP contribution in [0.4, 0.5) is 10.6 Å². The first kappa shape index (κ1) is 10.6. The molecule has 1 unspecified atom stereocenters. The lowest BCUT2D eigenvalue weighted by Crippen LogP contribution is -2.51. The normalized spacial score (nSPS) is 21.6. The summed E-state index contributed by atoms with van der Waals surface area (Å²) >= 11 is 0. The van der Waals surface area contributed by atoms with Crippen molar-refractivity contribution < 1.29 is 9.50 Å². The Balaban J connectivity index is 1.86. The Labute approximate surface area is 102 Å². The van der Waals surface area contributed by atoms with Gasteiger partial charge in [0.05, 0.1) is 12.4 Å². The molecule has 2 aromatic rings. The van der Waals surface area contributed by atoms with E-state index in [-0.39, 0.29) is 0 Å². The third-order valence-electron chi connectivity index (χ3n) is 2.58. The van der Waals surface area contributed by atoms with Crippen molar-refractivity contribution in [3.05, 3.63) is 42.9 Å². The molecule has 3 rings (SSSR count). The lowest BCUT2D eigenvalue weighted by atomic mass is 10.5. The highest BCUT2D eigenvalue weighted by molar-refractivity contribution is 5.85.